The predicted octanol–water partition coefficient (Wildman–Crippen LogP) is 0.379. The largest absolute Gasteiger partial charge is 0.481 e. The van der Waals surface area contributed by atoms with Crippen LogP contribution in [-0.4, -0.2) is 79.4 Å². The molecule has 2 aliphatic heterocycles. The van der Waals surface area contributed by atoms with E-state index in [9.17, 15) is 9.90 Å². The number of hydrogen-bond acceptors (Lipinski definition) is 6. The first-order valence-corrected chi connectivity index (χ1v) is 8.70. The number of aromatic nitrogens is 1. The summed E-state index contributed by atoms with van der Waals surface area (Å²) in [5, 5.41) is 10.1. The summed E-state index contributed by atoms with van der Waals surface area (Å²) in [7, 11) is 3.15. The number of carbonyl (C=O) groups excluding carboxylic acids is 1. The molecule has 2 atom stereocenters. The normalized spacial score (nSPS) is 26.5. The van der Waals surface area contributed by atoms with E-state index in [2.05, 4.69) is 9.88 Å². The molecule has 138 valence electrons. The van der Waals surface area contributed by atoms with E-state index in [1.165, 1.54) is 7.11 Å². The lowest BCUT2D eigenvalue weighted by Gasteiger charge is -2.42. The van der Waals surface area contributed by atoms with Crippen LogP contribution in [0.1, 0.15) is 12.1 Å². The maximum absolute atomic E-state index is 12.2. The third-order valence-electron chi connectivity index (χ3n) is 5.46. The molecule has 0 radical (unpaired) electrons. The van der Waals surface area contributed by atoms with Crippen molar-refractivity contribution in [2.75, 3.05) is 53.6 Å². The van der Waals surface area contributed by atoms with Crippen molar-refractivity contribution in [2.45, 2.75) is 13.0 Å². The van der Waals surface area contributed by atoms with Gasteiger partial charge in [0.05, 0.1) is 19.4 Å². The van der Waals surface area contributed by atoms with Crippen molar-refractivity contribution in [1.82, 2.24) is 14.8 Å². The maximum atomic E-state index is 12.2. The molecule has 3 rings (SSSR count). The quantitative estimate of drug-likeness (QED) is 0.800. The minimum Gasteiger partial charge on any atom is -0.481 e. The number of hydrogen-bond donors (Lipinski definition) is 1. The molecule has 2 aliphatic rings. The Kier molecular flexibility index (Phi) is 5.56. The van der Waals surface area contributed by atoms with E-state index < -0.39 is 0 Å². The highest BCUT2D eigenvalue weighted by Gasteiger charge is 2.50. The second-order valence-corrected chi connectivity index (χ2v) is 7.10. The van der Waals surface area contributed by atoms with E-state index in [0.29, 0.717) is 24.9 Å². The highest BCUT2D eigenvalue weighted by Crippen LogP contribution is 2.42. The SMILES string of the molecule is COCC(=O)N1CC2CCN(Cc3cccc(OC)n3)CC2(CO)C1. The number of aliphatic hydroxyl groups is 1. The Morgan fingerprint density at radius 3 is 2.96 bits per heavy atom. The van der Waals surface area contributed by atoms with E-state index >= 15 is 0 Å². The highest BCUT2D eigenvalue weighted by atomic mass is 16.5. The van der Waals surface area contributed by atoms with Crippen LogP contribution in [0.4, 0.5) is 0 Å². The molecule has 25 heavy (non-hydrogen) atoms. The van der Waals surface area contributed by atoms with Crippen molar-refractivity contribution in [3.05, 3.63) is 23.9 Å². The topological polar surface area (TPSA) is 75.1 Å². The van der Waals surface area contributed by atoms with Gasteiger partial charge in [0.2, 0.25) is 11.8 Å². The zero-order valence-corrected chi connectivity index (χ0v) is 15.0. The third kappa shape index (κ3) is 3.78. The molecule has 0 spiro atoms. The molecular formula is C18H27N3O4. The van der Waals surface area contributed by atoms with Crippen LogP contribution in [0.15, 0.2) is 18.2 Å². The number of carbonyl (C=O) groups is 1. The maximum Gasteiger partial charge on any atom is 0.248 e. The molecule has 0 aromatic carbocycles. The molecule has 2 fully saturated rings. The van der Waals surface area contributed by atoms with Crippen LogP contribution in [0.3, 0.4) is 0 Å². The van der Waals surface area contributed by atoms with E-state index in [0.717, 1.165) is 31.7 Å². The lowest BCUT2D eigenvalue weighted by molar-refractivity contribution is -0.134. The second-order valence-electron chi connectivity index (χ2n) is 7.10. The van der Waals surface area contributed by atoms with Crippen LogP contribution in [0.5, 0.6) is 5.88 Å². The molecule has 3 heterocycles. The van der Waals surface area contributed by atoms with Gasteiger partial charge in [0.25, 0.3) is 0 Å². The number of aliphatic hydroxyl groups excluding tert-OH is 1. The molecule has 0 bridgehead atoms. The Morgan fingerprint density at radius 1 is 1.40 bits per heavy atom. The summed E-state index contributed by atoms with van der Waals surface area (Å²) in [4.78, 5) is 20.8. The van der Waals surface area contributed by atoms with E-state index in [1.54, 1.807) is 7.11 Å². The summed E-state index contributed by atoms with van der Waals surface area (Å²) < 4.78 is 10.2. The number of fused-ring (bicyclic) bond motifs is 1. The van der Waals surface area contributed by atoms with Crippen LogP contribution in [0.2, 0.25) is 0 Å². The number of rotatable bonds is 6. The van der Waals surface area contributed by atoms with Crippen molar-refractivity contribution in [1.29, 1.82) is 0 Å². The van der Waals surface area contributed by atoms with Gasteiger partial charge in [-0.2, -0.15) is 0 Å². The van der Waals surface area contributed by atoms with Gasteiger partial charge in [0.1, 0.15) is 6.61 Å². The summed E-state index contributed by atoms with van der Waals surface area (Å²) in [6.07, 6.45) is 0.974. The van der Waals surface area contributed by atoms with Gasteiger partial charge in [-0.15, -0.1) is 0 Å². The van der Waals surface area contributed by atoms with Crippen molar-refractivity contribution in [2.24, 2.45) is 11.3 Å². The number of nitrogens with zero attached hydrogens (tertiary/aromatic N) is 3. The Balaban J connectivity index is 1.68. The summed E-state index contributed by atoms with van der Waals surface area (Å²) in [5.74, 6) is 0.958. The van der Waals surface area contributed by atoms with E-state index in [4.69, 9.17) is 9.47 Å². The lowest BCUT2D eigenvalue weighted by Crippen LogP contribution is -2.50. The average molecular weight is 349 g/mol. The van der Waals surface area contributed by atoms with Gasteiger partial charge in [-0.25, -0.2) is 4.98 Å². The van der Waals surface area contributed by atoms with Gasteiger partial charge in [-0.1, -0.05) is 6.07 Å². The fraction of sp³-hybridized carbons (Fsp3) is 0.667. The number of likely N-dealkylation sites (tertiary alicyclic amines) is 2. The smallest absolute Gasteiger partial charge is 0.248 e. The molecular weight excluding hydrogens is 322 g/mol. The van der Waals surface area contributed by atoms with Crippen molar-refractivity contribution >= 4 is 5.91 Å². The first-order chi connectivity index (χ1) is 12.1. The molecule has 2 unspecified atom stereocenters. The highest BCUT2D eigenvalue weighted by molar-refractivity contribution is 5.77. The Bertz CT molecular complexity index is 612. The molecule has 0 saturated carbocycles. The second kappa shape index (κ2) is 7.68. The van der Waals surface area contributed by atoms with Crippen molar-refractivity contribution in [3.8, 4) is 5.88 Å². The number of ether oxygens (including phenoxy) is 2. The average Bonchev–Trinajstić information content (AvgIpc) is 3.02. The fourth-order valence-electron chi connectivity index (χ4n) is 4.13. The van der Waals surface area contributed by atoms with Crippen LogP contribution in [0.25, 0.3) is 0 Å². The van der Waals surface area contributed by atoms with Gasteiger partial charge in [0.15, 0.2) is 0 Å². The lowest BCUT2D eigenvalue weighted by atomic mass is 9.74. The van der Waals surface area contributed by atoms with Crippen LogP contribution in [0, 0.1) is 11.3 Å². The molecule has 2 saturated heterocycles. The molecule has 0 aliphatic carbocycles. The fourth-order valence-corrected chi connectivity index (χ4v) is 4.13. The van der Waals surface area contributed by atoms with Gasteiger partial charge in [0, 0.05) is 44.8 Å². The molecule has 1 amide bonds. The van der Waals surface area contributed by atoms with Crippen molar-refractivity contribution in [3.63, 3.8) is 0 Å². The van der Waals surface area contributed by atoms with Gasteiger partial charge < -0.3 is 19.5 Å². The molecule has 1 aromatic heterocycles. The van der Waals surface area contributed by atoms with Crippen LogP contribution in [-0.2, 0) is 16.1 Å². The van der Waals surface area contributed by atoms with Gasteiger partial charge in [-0.05, 0) is 24.9 Å². The molecule has 7 nitrogen and oxygen atoms in total. The monoisotopic (exact) mass is 349 g/mol. The van der Waals surface area contributed by atoms with E-state index in [-0.39, 0.29) is 24.5 Å². The molecule has 1 N–H and O–H groups in total. The minimum absolute atomic E-state index is 0.00531. The first-order valence-electron chi connectivity index (χ1n) is 8.70. The third-order valence-corrected chi connectivity index (χ3v) is 5.46. The van der Waals surface area contributed by atoms with Crippen LogP contribution >= 0.6 is 0 Å². The summed E-state index contributed by atoms with van der Waals surface area (Å²) >= 11 is 0. The molecule has 7 heteroatoms. The zero-order valence-electron chi connectivity index (χ0n) is 15.0. The Morgan fingerprint density at radius 2 is 2.24 bits per heavy atom. The standard InChI is InChI=1S/C18H27N3O4/c1-24-10-17(23)21-8-14-6-7-20(11-18(14,12-21)13-22)9-15-4-3-5-16(19-15)25-2/h3-5,14,22H,6-13H2,1-2H3. The zero-order chi connectivity index (χ0) is 17.9. The first kappa shape index (κ1) is 18.1. The predicted molar refractivity (Wildman–Crippen MR) is 92.1 cm³/mol. The Hall–Kier alpha value is -1.70. The summed E-state index contributed by atoms with van der Waals surface area (Å²) in [6.45, 7) is 3.94. The summed E-state index contributed by atoms with van der Waals surface area (Å²) in [5.41, 5.74) is 0.705. The van der Waals surface area contributed by atoms with Gasteiger partial charge in [-0.3, -0.25) is 9.69 Å². The number of piperidine rings is 1. The number of pyridine rings is 1. The van der Waals surface area contributed by atoms with Crippen LogP contribution < -0.4 is 4.74 Å². The number of methoxy groups -OCH3 is 2. The van der Waals surface area contributed by atoms with E-state index in [1.807, 2.05) is 23.1 Å². The van der Waals surface area contributed by atoms with Gasteiger partial charge >= 0.3 is 0 Å². The Labute approximate surface area is 148 Å². The number of amides is 1. The minimum atomic E-state index is -0.249. The molecule has 1 aromatic rings. The van der Waals surface area contributed by atoms with Crippen molar-refractivity contribution < 1.29 is 19.4 Å². The summed E-state index contributed by atoms with van der Waals surface area (Å²) in [6, 6.07) is 5.76.